The first-order valence-corrected chi connectivity index (χ1v) is 6.26. The maximum absolute atomic E-state index is 11.7. The maximum atomic E-state index is 11.7. The summed E-state index contributed by atoms with van der Waals surface area (Å²) in [5.41, 5.74) is 0.844. The second kappa shape index (κ2) is 7.28. The van der Waals surface area contributed by atoms with Gasteiger partial charge in [-0.15, -0.1) is 0 Å². The number of amides is 2. The molecule has 0 aliphatic carbocycles. The lowest BCUT2D eigenvalue weighted by atomic mass is 10.1. The minimum Gasteiger partial charge on any atom is -0.480 e. The predicted octanol–water partition coefficient (Wildman–Crippen LogP) is 0.323. The molecule has 0 heterocycles. The van der Waals surface area contributed by atoms with Crippen molar-refractivity contribution in [2.24, 2.45) is 0 Å². The van der Waals surface area contributed by atoms with Crippen molar-refractivity contribution in [3.8, 4) is 0 Å². The Kier molecular flexibility index (Phi) is 5.71. The summed E-state index contributed by atoms with van der Waals surface area (Å²) in [5, 5.41) is 13.5. The number of nitrogens with one attached hydrogen (secondary N) is 2. The van der Waals surface area contributed by atoms with Crippen LogP contribution in [0.3, 0.4) is 0 Å². The van der Waals surface area contributed by atoms with Crippen molar-refractivity contribution in [3.05, 3.63) is 35.9 Å². The van der Waals surface area contributed by atoms with Crippen molar-refractivity contribution in [1.29, 1.82) is 0 Å². The van der Waals surface area contributed by atoms with E-state index in [1.54, 1.807) is 0 Å². The summed E-state index contributed by atoms with van der Waals surface area (Å²) in [4.78, 5) is 34.0. The number of carboxylic acid groups (broad SMARTS) is 1. The van der Waals surface area contributed by atoms with Crippen LogP contribution in [0.25, 0.3) is 0 Å². The molecule has 0 aliphatic heterocycles. The Labute approximate surface area is 117 Å². The number of carboxylic acids is 1. The van der Waals surface area contributed by atoms with Gasteiger partial charge in [-0.25, -0.2) is 0 Å². The van der Waals surface area contributed by atoms with Crippen LogP contribution in [-0.2, 0) is 20.8 Å². The Bertz CT molecular complexity index is 487. The number of aliphatic carboxylic acids is 1. The highest BCUT2D eigenvalue weighted by Crippen LogP contribution is 1.99. The number of carbonyl (C=O) groups is 3. The molecule has 0 unspecified atom stereocenters. The van der Waals surface area contributed by atoms with Crippen molar-refractivity contribution >= 4 is 17.8 Å². The molecule has 0 saturated carbocycles. The molecule has 0 saturated heterocycles. The highest BCUT2D eigenvalue weighted by atomic mass is 16.4. The van der Waals surface area contributed by atoms with Crippen LogP contribution >= 0.6 is 0 Å². The van der Waals surface area contributed by atoms with Crippen LogP contribution in [-0.4, -0.2) is 35.0 Å². The molecule has 0 radical (unpaired) electrons. The van der Waals surface area contributed by atoms with E-state index < -0.39 is 24.0 Å². The Morgan fingerprint density at radius 2 is 1.65 bits per heavy atom. The zero-order chi connectivity index (χ0) is 15.1. The van der Waals surface area contributed by atoms with E-state index in [0.717, 1.165) is 5.56 Å². The zero-order valence-electron chi connectivity index (χ0n) is 11.4. The van der Waals surface area contributed by atoms with E-state index in [4.69, 9.17) is 5.11 Å². The van der Waals surface area contributed by atoms with Gasteiger partial charge in [0.05, 0.1) is 6.42 Å². The van der Waals surface area contributed by atoms with Gasteiger partial charge in [-0.2, -0.15) is 0 Å². The van der Waals surface area contributed by atoms with Gasteiger partial charge in [0.1, 0.15) is 12.1 Å². The standard InChI is InChI=1S/C14H18N2O4/c1-9(13(18)16-10(2)14(19)20)15-12(17)8-11-6-4-3-5-7-11/h3-7,9-10H,8H2,1-2H3,(H,15,17)(H,16,18)(H,19,20)/t9-,10-/m0/s1. The average Bonchev–Trinajstić information content (AvgIpc) is 2.39. The Balaban J connectivity index is 2.45. The van der Waals surface area contributed by atoms with E-state index in [2.05, 4.69) is 10.6 Å². The third kappa shape index (κ3) is 5.09. The predicted molar refractivity (Wildman–Crippen MR) is 73.0 cm³/mol. The highest BCUT2D eigenvalue weighted by Gasteiger charge is 2.20. The maximum Gasteiger partial charge on any atom is 0.325 e. The van der Waals surface area contributed by atoms with Crippen LogP contribution in [0.2, 0.25) is 0 Å². The molecule has 1 aromatic carbocycles. The van der Waals surface area contributed by atoms with E-state index >= 15 is 0 Å². The van der Waals surface area contributed by atoms with Crippen LogP contribution in [0.4, 0.5) is 0 Å². The minimum atomic E-state index is -1.12. The lowest BCUT2D eigenvalue weighted by Gasteiger charge is -2.16. The Morgan fingerprint density at radius 1 is 1.05 bits per heavy atom. The summed E-state index contributed by atoms with van der Waals surface area (Å²) in [6.07, 6.45) is 0.174. The van der Waals surface area contributed by atoms with Gasteiger partial charge in [0.2, 0.25) is 11.8 Å². The molecule has 1 aromatic rings. The lowest BCUT2D eigenvalue weighted by Crippen LogP contribution is -2.49. The quantitative estimate of drug-likeness (QED) is 0.698. The average molecular weight is 278 g/mol. The number of benzene rings is 1. The van der Waals surface area contributed by atoms with E-state index in [9.17, 15) is 14.4 Å². The van der Waals surface area contributed by atoms with Gasteiger partial charge in [-0.3, -0.25) is 14.4 Å². The van der Waals surface area contributed by atoms with Gasteiger partial charge >= 0.3 is 5.97 Å². The van der Waals surface area contributed by atoms with Crippen LogP contribution in [0.5, 0.6) is 0 Å². The first-order chi connectivity index (χ1) is 9.40. The minimum absolute atomic E-state index is 0.174. The van der Waals surface area contributed by atoms with Gasteiger partial charge in [-0.05, 0) is 19.4 Å². The summed E-state index contributed by atoms with van der Waals surface area (Å²) in [5.74, 6) is -1.94. The molecule has 0 bridgehead atoms. The van der Waals surface area contributed by atoms with E-state index in [-0.39, 0.29) is 12.3 Å². The molecule has 20 heavy (non-hydrogen) atoms. The van der Waals surface area contributed by atoms with Gasteiger partial charge in [0.15, 0.2) is 0 Å². The van der Waals surface area contributed by atoms with Crippen molar-refractivity contribution in [1.82, 2.24) is 10.6 Å². The molecule has 0 aliphatic rings. The fourth-order valence-electron chi connectivity index (χ4n) is 1.54. The molecular formula is C14H18N2O4. The number of hydrogen-bond donors (Lipinski definition) is 3. The van der Waals surface area contributed by atoms with Gasteiger partial charge < -0.3 is 15.7 Å². The second-order valence-corrected chi connectivity index (χ2v) is 4.52. The van der Waals surface area contributed by atoms with Crippen molar-refractivity contribution in [3.63, 3.8) is 0 Å². The molecule has 6 heteroatoms. The smallest absolute Gasteiger partial charge is 0.325 e. The first kappa shape index (κ1) is 15.7. The highest BCUT2D eigenvalue weighted by molar-refractivity contribution is 5.90. The summed E-state index contributed by atoms with van der Waals surface area (Å²) in [6, 6.07) is 7.36. The SMILES string of the molecule is C[C@H](NC(=O)[C@H](C)NC(=O)Cc1ccccc1)C(=O)O. The summed E-state index contributed by atoms with van der Waals surface area (Å²) in [7, 11) is 0. The lowest BCUT2D eigenvalue weighted by molar-refractivity contribution is -0.141. The van der Waals surface area contributed by atoms with Crippen molar-refractivity contribution in [2.45, 2.75) is 32.4 Å². The molecular weight excluding hydrogens is 260 g/mol. The summed E-state index contributed by atoms with van der Waals surface area (Å²) in [6.45, 7) is 2.87. The molecule has 2 amide bonds. The van der Waals surface area contributed by atoms with Crippen LogP contribution in [0.15, 0.2) is 30.3 Å². The van der Waals surface area contributed by atoms with Crippen molar-refractivity contribution < 1.29 is 19.5 Å². The second-order valence-electron chi connectivity index (χ2n) is 4.52. The van der Waals surface area contributed by atoms with Crippen LogP contribution in [0.1, 0.15) is 19.4 Å². The van der Waals surface area contributed by atoms with Gasteiger partial charge in [0, 0.05) is 0 Å². The summed E-state index contributed by atoms with van der Waals surface area (Å²) < 4.78 is 0. The van der Waals surface area contributed by atoms with Crippen LogP contribution < -0.4 is 10.6 Å². The number of hydrogen-bond acceptors (Lipinski definition) is 3. The van der Waals surface area contributed by atoms with Crippen LogP contribution in [0, 0.1) is 0 Å². The number of rotatable bonds is 6. The molecule has 0 spiro atoms. The van der Waals surface area contributed by atoms with Gasteiger partial charge in [-0.1, -0.05) is 30.3 Å². The third-order valence-electron chi connectivity index (χ3n) is 2.71. The topological polar surface area (TPSA) is 95.5 Å². The fourth-order valence-corrected chi connectivity index (χ4v) is 1.54. The molecule has 1 rings (SSSR count). The van der Waals surface area contributed by atoms with Crippen molar-refractivity contribution in [2.75, 3.05) is 0 Å². The van der Waals surface area contributed by atoms with E-state index in [1.807, 2.05) is 30.3 Å². The molecule has 2 atom stereocenters. The molecule has 108 valence electrons. The van der Waals surface area contributed by atoms with E-state index in [0.29, 0.717) is 0 Å². The molecule has 6 nitrogen and oxygen atoms in total. The largest absolute Gasteiger partial charge is 0.480 e. The Hall–Kier alpha value is -2.37. The first-order valence-electron chi connectivity index (χ1n) is 6.26. The van der Waals surface area contributed by atoms with Gasteiger partial charge in [0.25, 0.3) is 0 Å². The number of carbonyl (C=O) groups excluding carboxylic acids is 2. The molecule has 0 aromatic heterocycles. The zero-order valence-corrected chi connectivity index (χ0v) is 11.4. The fraction of sp³-hybridized carbons (Fsp3) is 0.357. The third-order valence-corrected chi connectivity index (χ3v) is 2.71. The van der Waals surface area contributed by atoms with E-state index in [1.165, 1.54) is 13.8 Å². The summed E-state index contributed by atoms with van der Waals surface area (Å²) >= 11 is 0. The Morgan fingerprint density at radius 3 is 2.20 bits per heavy atom. The normalized spacial score (nSPS) is 13.1. The monoisotopic (exact) mass is 278 g/mol. The molecule has 3 N–H and O–H groups in total. The molecule has 0 fully saturated rings.